The molecule has 2 rings (SSSR count). The first-order valence-corrected chi connectivity index (χ1v) is 4.58. The van der Waals surface area contributed by atoms with Crippen LogP contribution in [0.1, 0.15) is 11.4 Å². The van der Waals surface area contributed by atoms with Crippen LogP contribution in [0.5, 0.6) is 0 Å². The Morgan fingerprint density at radius 3 is 2.47 bits per heavy atom. The van der Waals surface area contributed by atoms with Crippen LogP contribution in [0.3, 0.4) is 0 Å². The number of rotatable bonds is 1. The maximum atomic E-state index is 12.5. The van der Waals surface area contributed by atoms with Crippen molar-refractivity contribution in [3.63, 3.8) is 0 Å². The Morgan fingerprint density at radius 1 is 1.24 bits per heavy atom. The Balaban J connectivity index is 2.72. The van der Waals surface area contributed by atoms with Crippen molar-refractivity contribution in [1.82, 2.24) is 14.8 Å². The minimum absolute atomic E-state index is 0.277. The quantitative estimate of drug-likeness (QED) is 0.729. The van der Waals surface area contributed by atoms with Gasteiger partial charge in [-0.3, -0.25) is 0 Å². The Hall–Kier alpha value is -1.67. The lowest BCUT2D eigenvalue weighted by Crippen LogP contribution is -2.43. The lowest BCUT2D eigenvalue weighted by molar-refractivity contribution is -0.360. The molecule has 0 fully saturated rings. The van der Waals surface area contributed by atoms with Crippen molar-refractivity contribution in [1.29, 1.82) is 0 Å². The maximum Gasteiger partial charge on any atom is 0.449 e. The zero-order chi connectivity index (χ0) is 12.8. The molecule has 0 saturated heterocycles. The summed E-state index contributed by atoms with van der Waals surface area (Å²) in [4.78, 5) is 0. The van der Waals surface area contributed by atoms with Crippen molar-refractivity contribution in [2.75, 3.05) is 0 Å². The van der Waals surface area contributed by atoms with Gasteiger partial charge in [-0.15, -0.1) is 5.10 Å². The van der Waals surface area contributed by atoms with Gasteiger partial charge in [0.25, 0.3) is 0 Å². The molecule has 8 heteroatoms. The Kier molecular flexibility index (Phi) is 2.37. The van der Waals surface area contributed by atoms with Crippen molar-refractivity contribution in [3.8, 4) is 0 Å². The van der Waals surface area contributed by atoms with E-state index in [2.05, 4.69) is 10.3 Å². The second-order valence-corrected chi connectivity index (χ2v) is 3.55. The molecule has 0 radical (unpaired) electrons. The molecule has 0 saturated carbocycles. The fourth-order valence-electron chi connectivity index (χ4n) is 1.44. The average molecular weight is 247 g/mol. The second-order valence-electron chi connectivity index (χ2n) is 3.55. The first kappa shape index (κ1) is 11.8. The van der Waals surface area contributed by atoms with Crippen LogP contribution in [0.2, 0.25) is 0 Å². The van der Waals surface area contributed by atoms with Gasteiger partial charge in [0.2, 0.25) is 0 Å². The number of aliphatic hydroxyl groups is 2. The molecule has 2 N–H and O–H groups in total. The summed E-state index contributed by atoms with van der Waals surface area (Å²) in [5, 5.41) is 25.4. The van der Waals surface area contributed by atoms with Gasteiger partial charge in [-0.2, -0.15) is 13.2 Å². The van der Waals surface area contributed by atoms with Crippen LogP contribution >= 0.6 is 0 Å². The third-order valence-electron chi connectivity index (χ3n) is 2.37. The summed E-state index contributed by atoms with van der Waals surface area (Å²) in [5.74, 6) is -3.97. The minimum Gasteiger partial charge on any atom is -0.354 e. The summed E-state index contributed by atoms with van der Waals surface area (Å²) in [5.41, 5.74) is -0.132. The van der Waals surface area contributed by atoms with Gasteiger partial charge in [0.15, 0.2) is 0 Å². The normalized spacial score (nSPS) is 13.3. The molecule has 2 heterocycles. The first-order chi connectivity index (χ1) is 7.75. The summed E-state index contributed by atoms with van der Waals surface area (Å²) < 4.78 is 38.2. The summed E-state index contributed by atoms with van der Waals surface area (Å²) in [6.07, 6.45) is -5.22. The van der Waals surface area contributed by atoms with Gasteiger partial charge in [-0.25, -0.2) is 4.52 Å². The zero-order valence-electron chi connectivity index (χ0n) is 8.60. The number of aryl methyl sites for hydroxylation is 1. The molecule has 0 atom stereocenters. The van der Waals surface area contributed by atoms with Crippen LogP contribution < -0.4 is 0 Å². The summed E-state index contributed by atoms with van der Waals surface area (Å²) in [6.45, 7) is 1.55. The van der Waals surface area contributed by atoms with E-state index >= 15 is 0 Å². The molecule has 0 unspecified atom stereocenters. The van der Waals surface area contributed by atoms with Gasteiger partial charge in [0, 0.05) is 0 Å². The topological polar surface area (TPSA) is 70.7 Å². The van der Waals surface area contributed by atoms with Crippen molar-refractivity contribution < 1.29 is 23.4 Å². The highest BCUT2D eigenvalue weighted by Gasteiger charge is 2.56. The molecule has 0 aromatic carbocycles. The fraction of sp³-hybridized carbons (Fsp3) is 0.333. The SMILES string of the molecule is Cc1nnn2c(C(O)(O)C(F)(F)F)cccc12. The van der Waals surface area contributed by atoms with Crippen LogP contribution in [-0.2, 0) is 5.79 Å². The number of fused-ring (bicyclic) bond motifs is 1. The van der Waals surface area contributed by atoms with Gasteiger partial charge < -0.3 is 10.2 Å². The largest absolute Gasteiger partial charge is 0.449 e. The van der Waals surface area contributed by atoms with Gasteiger partial charge in [0.1, 0.15) is 5.69 Å². The second kappa shape index (κ2) is 3.41. The molecule has 0 aliphatic rings. The molecule has 2 aromatic rings. The molecule has 2 aromatic heterocycles. The monoisotopic (exact) mass is 247 g/mol. The summed E-state index contributed by atoms with van der Waals surface area (Å²) >= 11 is 0. The molecular weight excluding hydrogens is 239 g/mol. The number of aromatic nitrogens is 3. The average Bonchev–Trinajstić information content (AvgIpc) is 2.59. The molecular formula is C9H8F3N3O2. The summed E-state index contributed by atoms with van der Waals surface area (Å²) in [7, 11) is 0. The molecule has 0 aliphatic carbocycles. The molecule has 0 spiro atoms. The van der Waals surface area contributed by atoms with E-state index in [1.807, 2.05) is 0 Å². The van der Waals surface area contributed by atoms with Crippen LogP contribution in [0, 0.1) is 6.92 Å². The highest BCUT2D eigenvalue weighted by molar-refractivity contribution is 5.51. The van der Waals surface area contributed by atoms with E-state index in [4.69, 9.17) is 0 Å². The highest BCUT2D eigenvalue weighted by atomic mass is 19.4. The Morgan fingerprint density at radius 2 is 1.88 bits per heavy atom. The van der Waals surface area contributed by atoms with E-state index in [0.29, 0.717) is 5.69 Å². The van der Waals surface area contributed by atoms with Crippen LogP contribution in [0.4, 0.5) is 13.2 Å². The van der Waals surface area contributed by atoms with Crippen molar-refractivity contribution >= 4 is 5.52 Å². The van der Waals surface area contributed by atoms with E-state index < -0.39 is 17.7 Å². The fourth-order valence-corrected chi connectivity index (χ4v) is 1.44. The molecule has 0 aliphatic heterocycles. The molecule has 17 heavy (non-hydrogen) atoms. The van der Waals surface area contributed by atoms with Gasteiger partial charge >= 0.3 is 12.0 Å². The highest BCUT2D eigenvalue weighted by Crippen LogP contribution is 2.36. The van der Waals surface area contributed by atoms with Crippen molar-refractivity contribution in [3.05, 3.63) is 29.6 Å². The number of halogens is 3. The smallest absolute Gasteiger partial charge is 0.354 e. The molecule has 5 nitrogen and oxygen atoms in total. The minimum atomic E-state index is -5.22. The lowest BCUT2D eigenvalue weighted by atomic mass is 10.1. The number of hydrogen-bond donors (Lipinski definition) is 2. The lowest BCUT2D eigenvalue weighted by Gasteiger charge is -2.24. The van der Waals surface area contributed by atoms with E-state index in [0.717, 1.165) is 10.6 Å². The van der Waals surface area contributed by atoms with Gasteiger partial charge in [0.05, 0.1) is 11.2 Å². The van der Waals surface area contributed by atoms with Crippen molar-refractivity contribution in [2.45, 2.75) is 18.9 Å². The van der Waals surface area contributed by atoms with Gasteiger partial charge in [-0.05, 0) is 19.1 Å². The number of hydrogen-bond acceptors (Lipinski definition) is 4. The third-order valence-corrected chi connectivity index (χ3v) is 2.37. The van der Waals surface area contributed by atoms with E-state index in [1.54, 1.807) is 6.92 Å². The van der Waals surface area contributed by atoms with E-state index in [1.165, 1.54) is 12.1 Å². The number of nitrogens with zero attached hydrogens (tertiary/aromatic N) is 3. The third kappa shape index (κ3) is 1.65. The molecule has 0 amide bonds. The van der Waals surface area contributed by atoms with Gasteiger partial charge in [-0.1, -0.05) is 11.3 Å². The zero-order valence-corrected chi connectivity index (χ0v) is 8.60. The Labute approximate surface area is 93.1 Å². The number of alkyl halides is 3. The van der Waals surface area contributed by atoms with E-state index in [9.17, 15) is 23.4 Å². The number of pyridine rings is 1. The maximum absolute atomic E-state index is 12.5. The predicted octanol–water partition coefficient (Wildman–Crippen LogP) is 0.737. The standard InChI is InChI=1S/C9H8F3N3O2/c1-5-6-3-2-4-7(15(6)14-13-5)8(16,17)9(10,11)12/h2-4,16-17H,1H3. The predicted molar refractivity (Wildman–Crippen MR) is 49.9 cm³/mol. The summed E-state index contributed by atoms with van der Waals surface area (Å²) in [6, 6.07) is 3.67. The van der Waals surface area contributed by atoms with E-state index in [-0.39, 0.29) is 5.52 Å². The van der Waals surface area contributed by atoms with Crippen LogP contribution in [-0.4, -0.2) is 31.2 Å². The molecule has 0 bridgehead atoms. The van der Waals surface area contributed by atoms with Crippen LogP contribution in [0.15, 0.2) is 18.2 Å². The Bertz CT molecular complexity index is 562. The molecule has 92 valence electrons. The first-order valence-electron chi connectivity index (χ1n) is 4.58. The van der Waals surface area contributed by atoms with Crippen molar-refractivity contribution in [2.24, 2.45) is 0 Å². The van der Waals surface area contributed by atoms with Crippen LogP contribution in [0.25, 0.3) is 5.52 Å².